The van der Waals surface area contributed by atoms with E-state index in [1.54, 1.807) is 24.4 Å². The lowest BCUT2D eigenvalue weighted by Gasteiger charge is -2.27. The van der Waals surface area contributed by atoms with Crippen molar-refractivity contribution in [1.82, 2.24) is 25.5 Å². The van der Waals surface area contributed by atoms with E-state index in [2.05, 4.69) is 30.8 Å². The van der Waals surface area contributed by atoms with Gasteiger partial charge in [0.2, 0.25) is 0 Å². The van der Waals surface area contributed by atoms with Crippen molar-refractivity contribution in [2.24, 2.45) is 0 Å². The van der Waals surface area contributed by atoms with Gasteiger partial charge in [-0.1, -0.05) is 11.6 Å². The van der Waals surface area contributed by atoms with Crippen LogP contribution in [0, 0.1) is 5.82 Å². The van der Waals surface area contributed by atoms with Crippen LogP contribution in [0.4, 0.5) is 10.2 Å². The highest BCUT2D eigenvalue weighted by atomic mass is 35.5. The fourth-order valence-electron chi connectivity index (χ4n) is 4.24. The van der Waals surface area contributed by atoms with Crippen LogP contribution in [0.25, 0.3) is 22.4 Å². The second-order valence-electron chi connectivity index (χ2n) is 8.44. The number of pyridine rings is 2. The molecule has 0 atom stereocenters. The summed E-state index contributed by atoms with van der Waals surface area (Å²) in [6.45, 7) is 6.28. The zero-order valence-corrected chi connectivity index (χ0v) is 19.9. The number of hydrogen-bond acceptors (Lipinski definition) is 7. The zero-order valence-electron chi connectivity index (χ0n) is 19.1. The van der Waals surface area contributed by atoms with Gasteiger partial charge in [-0.05, 0) is 30.3 Å². The van der Waals surface area contributed by atoms with E-state index in [0.717, 1.165) is 32.7 Å². The number of carbonyl (C=O) groups is 1. The standard InChI is InChI=1S/C25H26ClFN6O2/c26-18-1-2-21(27)20(12-18)22-13-19(23-24(32-22)30-6-10-35-23)16-11-17(15-29-14-16)25(34)31-5-9-33-7-3-28-4-8-33/h1-2,11-15,28H,3-10H2,(H,30,32)(H,31,34). The first-order valence-electron chi connectivity index (χ1n) is 11.6. The molecule has 10 heteroatoms. The lowest BCUT2D eigenvalue weighted by atomic mass is 10.0. The van der Waals surface area contributed by atoms with Gasteiger partial charge in [0.25, 0.3) is 5.91 Å². The molecule has 4 heterocycles. The Hall–Kier alpha value is -3.27. The molecule has 0 unspecified atom stereocenters. The Morgan fingerprint density at radius 2 is 2.00 bits per heavy atom. The molecular formula is C25H26ClFN6O2. The molecule has 5 rings (SSSR count). The highest BCUT2D eigenvalue weighted by Crippen LogP contribution is 2.40. The van der Waals surface area contributed by atoms with Crippen molar-refractivity contribution in [3.05, 3.63) is 59.1 Å². The molecule has 8 nitrogen and oxygen atoms in total. The number of hydrogen-bond donors (Lipinski definition) is 3. The van der Waals surface area contributed by atoms with Crippen LogP contribution in [0.15, 0.2) is 42.7 Å². The number of fused-ring (bicyclic) bond motifs is 1. The van der Waals surface area contributed by atoms with Crippen LogP contribution < -0.4 is 20.7 Å². The van der Waals surface area contributed by atoms with Crippen molar-refractivity contribution in [2.45, 2.75) is 0 Å². The van der Waals surface area contributed by atoms with Crippen LogP contribution in [0.1, 0.15) is 10.4 Å². The summed E-state index contributed by atoms with van der Waals surface area (Å²) in [4.78, 5) is 24.0. The first-order valence-corrected chi connectivity index (χ1v) is 12.0. The predicted molar refractivity (Wildman–Crippen MR) is 133 cm³/mol. The van der Waals surface area contributed by atoms with E-state index >= 15 is 0 Å². The highest BCUT2D eigenvalue weighted by Gasteiger charge is 2.22. The van der Waals surface area contributed by atoms with Gasteiger partial charge in [0.05, 0.1) is 17.8 Å². The van der Waals surface area contributed by atoms with E-state index in [0.29, 0.717) is 58.7 Å². The summed E-state index contributed by atoms with van der Waals surface area (Å²) in [5.74, 6) is 0.423. The third kappa shape index (κ3) is 5.37. The van der Waals surface area contributed by atoms with Gasteiger partial charge in [-0.25, -0.2) is 9.37 Å². The molecule has 0 spiro atoms. The summed E-state index contributed by atoms with van der Waals surface area (Å²) < 4.78 is 20.5. The number of benzene rings is 1. The Morgan fingerprint density at radius 3 is 2.86 bits per heavy atom. The lowest BCUT2D eigenvalue weighted by molar-refractivity contribution is 0.0947. The SMILES string of the molecule is O=C(NCCN1CCNCC1)c1cncc(-c2cc(-c3cc(Cl)ccc3F)nc3c2OCCN3)c1. The monoisotopic (exact) mass is 496 g/mol. The van der Waals surface area contributed by atoms with E-state index in [1.807, 2.05) is 0 Å². The third-order valence-corrected chi connectivity index (χ3v) is 6.29. The number of carbonyl (C=O) groups excluding carboxylic acids is 1. The molecular weight excluding hydrogens is 471 g/mol. The molecule has 3 N–H and O–H groups in total. The highest BCUT2D eigenvalue weighted by molar-refractivity contribution is 6.30. The van der Waals surface area contributed by atoms with Crippen molar-refractivity contribution in [1.29, 1.82) is 0 Å². The number of anilines is 1. The van der Waals surface area contributed by atoms with Gasteiger partial charge < -0.3 is 20.7 Å². The van der Waals surface area contributed by atoms with Crippen molar-refractivity contribution in [3.63, 3.8) is 0 Å². The minimum Gasteiger partial charge on any atom is -0.487 e. The van der Waals surface area contributed by atoms with Crippen molar-refractivity contribution < 1.29 is 13.9 Å². The van der Waals surface area contributed by atoms with Gasteiger partial charge in [0.1, 0.15) is 12.4 Å². The topological polar surface area (TPSA) is 91.4 Å². The summed E-state index contributed by atoms with van der Waals surface area (Å²) in [6.07, 6.45) is 3.19. The van der Waals surface area contributed by atoms with Gasteiger partial charge in [0.15, 0.2) is 11.6 Å². The second kappa shape index (κ2) is 10.6. The number of nitrogens with one attached hydrogen (secondary N) is 3. The molecule has 2 aliphatic rings. The van der Waals surface area contributed by atoms with Gasteiger partial charge in [-0.3, -0.25) is 14.7 Å². The van der Waals surface area contributed by atoms with Gasteiger partial charge >= 0.3 is 0 Å². The zero-order chi connectivity index (χ0) is 24.2. The second-order valence-corrected chi connectivity index (χ2v) is 8.88. The molecule has 2 aliphatic heterocycles. The Bertz CT molecular complexity index is 1230. The Balaban J connectivity index is 1.42. The van der Waals surface area contributed by atoms with E-state index in [1.165, 1.54) is 18.3 Å². The molecule has 1 aromatic carbocycles. The van der Waals surface area contributed by atoms with Gasteiger partial charge in [-0.15, -0.1) is 0 Å². The molecule has 0 saturated carbocycles. The average Bonchev–Trinajstić information content (AvgIpc) is 2.90. The number of aromatic nitrogens is 2. The lowest BCUT2D eigenvalue weighted by Crippen LogP contribution is -2.46. The fraction of sp³-hybridized carbons (Fsp3) is 0.320. The normalized spacial score (nSPS) is 15.6. The van der Waals surface area contributed by atoms with Crippen LogP contribution in [0.3, 0.4) is 0 Å². The van der Waals surface area contributed by atoms with E-state index in [9.17, 15) is 9.18 Å². The summed E-state index contributed by atoms with van der Waals surface area (Å²) in [5, 5.41) is 9.92. The van der Waals surface area contributed by atoms with Crippen molar-refractivity contribution >= 4 is 23.3 Å². The molecule has 35 heavy (non-hydrogen) atoms. The molecule has 0 bridgehead atoms. The maximum atomic E-state index is 14.6. The largest absolute Gasteiger partial charge is 0.487 e. The molecule has 2 aromatic heterocycles. The number of nitrogens with zero attached hydrogens (tertiary/aromatic N) is 3. The van der Waals surface area contributed by atoms with Crippen LogP contribution in [0.5, 0.6) is 5.75 Å². The first kappa shape index (κ1) is 23.5. The molecule has 0 radical (unpaired) electrons. The summed E-state index contributed by atoms with van der Waals surface area (Å²) in [7, 11) is 0. The minimum atomic E-state index is -0.430. The number of piperazine rings is 1. The van der Waals surface area contributed by atoms with Gasteiger partial charge in [-0.2, -0.15) is 0 Å². The number of rotatable bonds is 6. The molecule has 1 saturated heterocycles. The summed E-state index contributed by atoms with van der Waals surface area (Å²) in [5.41, 5.74) is 2.46. The van der Waals surface area contributed by atoms with Crippen LogP contribution >= 0.6 is 11.6 Å². The van der Waals surface area contributed by atoms with Gasteiger partial charge in [0, 0.05) is 73.4 Å². The van der Waals surface area contributed by atoms with Crippen LogP contribution in [-0.2, 0) is 0 Å². The van der Waals surface area contributed by atoms with E-state index in [-0.39, 0.29) is 11.5 Å². The quantitative estimate of drug-likeness (QED) is 0.483. The predicted octanol–water partition coefficient (Wildman–Crippen LogP) is 3.04. The number of halogens is 2. The number of ether oxygens (including phenoxy) is 1. The first-order chi connectivity index (χ1) is 17.1. The molecule has 1 amide bonds. The maximum Gasteiger partial charge on any atom is 0.252 e. The fourth-order valence-corrected chi connectivity index (χ4v) is 4.42. The Morgan fingerprint density at radius 1 is 1.14 bits per heavy atom. The third-order valence-electron chi connectivity index (χ3n) is 6.05. The Labute approximate surface area is 207 Å². The van der Waals surface area contributed by atoms with Crippen LogP contribution in [0.2, 0.25) is 5.02 Å². The summed E-state index contributed by atoms with van der Waals surface area (Å²) in [6, 6.07) is 7.85. The molecule has 1 fully saturated rings. The maximum absolute atomic E-state index is 14.6. The van der Waals surface area contributed by atoms with Crippen molar-refractivity contribution in [2.75, 3.05) is 57.7 Å². The molecule has 182 valence electrons. The van der Waals surface area contributed by atoms with E-state index in [4.69, 9.17) is 16.3 Å². The average molecular weight is 497 g/mol. The van der Waals surface area contributed by atoms with Crippen LogP contribution in [-0.4, -0.2) is 73.2 Å². The minimum absolute atomic E-state index is 0.197. The van der Waals surface area contributed by atoms with E-state index < -0.39 is 5.82 Å². The number of amides is 1. The smallest absolute Gasteiger partial charge is 0.252 e. The Kier molecular flexibility index (Phi) is 7.08. The summed E-state index contributed by atoms with van der Waals surface area (Å²) >= 11 is 6.12. The van der Waals surface area contributed by atoms with Crippen molar-refractivity contribution in [3.8, 4) is 28.1 Å². The molecule has 3 aromatic rings. The molecule has 0 aliphatic carbocycles.